The van der Waals surface area contributed by atoms with Gasteiger partial charge in [0.05, 0.1) is 0 Å². The highest BCUT2D eigenvalue weighted by Gasteiger charge is 2.28. The predicted octanol–water partition coefficient (Wildman–Crippen LogP) is 1.87. The van der Waals surface area contributed by atoms with Gasteiger partial charge in [-0.25, -0.2) is 9.97 Å². The summed E-state index contributed by atoms with van der Waals surface area (Å²) in [5, 5.41) is 0. The average molecular weight is 234 g/mol. The van der Waals surface area contributed by atoms with Crippen LogP contribution in [0.25, 0.3) is 0 Å². The van der Waals surface area contributed by atoms with E-state index in [1.165, 1.54) is 12.8 Å². The molecule has 1 aromatic rings. The smallest absolute Gasteiger partial charge is 0.225 e. The molecule has 0 aromatic carbocycles. The number of nitrogens with two attached hydrogens (primary N) is 1. The molecule has 1 aliphatic heterocycles. The quantitative estimate of drug-likeness (QED) is 0.867. The van der Waals surface area contributed by atoms with Crippen molar-refractivity contribution in [2.24, 2.45) is 11.7 Å². The molecule has 0 spiro atoms. The van der Waals surface area contributed by atoms with Crippen molar-refractivity contribution in [3.05, 3.63) is 17.5 Å². The van der Waals surface area contributed by atoms with Gasteiger partial charge in [-0.05, 0) is 25.7 Å². The zero-order valence-electron chi connectivity index (χ0n) is 11.0. The third-order valence-electron chi connectivity index (χ3n) is 3.61. The van der Waals surface area contributed by atoms with Crippen LogP contribution in [-0.2, 0) is 6.54 Å². The van der Waals surface area contributed by atoms with Gasteiger partial charge in [-0.1, -0.05) is 13.8 Å². The Hall–Kier alpha value is -1.16. The van der Waals surface area contributed by atoms with E-state index >= 15 is 0 Å². The first-order valence-electron chi connectivity index (χ1n) is 6.42. The SMILES string of the molecule is Cc1nc(N2CCCC2C(C)C)ncc1CN. The average Bonchev–Trinajstić information content (AvgIpc) is 2.77. The van der Waals surface area contributed by atoms with Gasteiger partial charge in [-0.2, -0.15) is 0 Å². The molecule has 1 saturated heterocycles. The summed E-state index contributed by atoms with van der Waals surface area (Å²) in [7, 11) is 0. The summed E-state index contributed by atoms with van der Waals surface area (Å²) < 4.78 is 0. The lowest BCUT2D eigenvalue weighted by Crippen LogP contribution is -2.34. The molecule has 1 aromatic heterocycles. The van der Waals surface area contributed by atoms with Gasteiger partial charge >= 0.3 is 0 Å². The Balaban J connectivity index is 2.24. The Labute approximate surface area is 103 Å². The third-order valence-corrected chi connectivity index (χ3v) is 3.61. The minimum Gasteiger partial charge on any atom is -0.338 e. The summed E-state index contributed by atoms with van der Waals surface area (Å²) in [6.07, 6.45) is 4.36. The fraction of sp³-hybridized carbons (Fsp3) is 0.692. The van der Waals surface area contributed by atoms with E-state index < -0.39 is 0 Å². The van der Waals surface area contributed by atoms with Crippen LogP contribution in [0.2, 0.25) is 0 Å². The van der Waals surface area contributed by atoms with Crippen molar-refractivity contribution < 1.29 is 0 Å². The van der Waals surface area contributed by atoms with Crippen molar-refractivity contribution in [2.45, 2.75) is 46.2 Å². The highest BCUT2D eigenvalue weighted by molar-refractivity contribution is 5.36. The predicted molar refractivity (Wildman–Crippen MR) is 69.9 cm³/mol. The Morgan fingerprint density at radius 1 is 1.53 bits per heavy atom. The molecule has 2 N–H and O–H groups in total. The number of hydrogen-bond donors (Lipinski definition) is 1. The summed E-state index contributed by atoms with van der Waals surface area (Å²) >= 11 is 0. The number of hydrogen-bond acceptors (Lipinski definition) is 4. The zero-order valence-corrected chi connectivity index (χ0v) is 11.0. The van der Waals surface area contributed by atoms with E-state index in [1.807, 2.05) is 13.1 Å². The Bertz CT molecular complexity index is 389. The standard InChI is InChI=1S/C13H22N4/c1-9(2)12-5-4-6-17(12)13-15-8-11(7-14)10(3)16-13/h8-9,12H,4-7,14H2,1-3H3. The molecule has 4 nitrogen and oxygen atoms in total. The van der Waals surface area contributed by atoms with Gasteiger partial charge in [0.1, 0.15) is 0 Å². The van der Waals surface area contributed by atoms with Crippen LogP contribution >= 0.6 is 0 Å². The molecule has 0 aliphatic carbocycles. The highest BCUT2D eigenvalue weighted by atomic mass is 15.3. The monoisotopic (exact) mass is 234 g/mol. The molecule has 0 amide bonds. The van der Waals surface area contributed by atoms with Gasteiger partial charge in [0, 0.05) is 36.6 Å². The molecule has 1 unspecified atom stereocenters. The number of aryl methyl sites for hydroxylation is 1. The van der Waals surface area contributed by atoms with Crippen molar-refractivity contribution in [3.8, 4) is 0 Å². The molecule has 0 radical (unpaired) electrons. The van der Waals surface area contributed by atoms with Crippen molar-refractivity contribution in [1.82, 2.24) is 9.97 Å². The van der Waals surface area contributed by atoms with Crippen molar-refractivity contribution >= 4 is 5.95 Å². The normalized spacial score (nSPS) is 20.3. The van der Waals surface area contributed by atoms with Crippen LogP contribution < -0.4 is 10.6 Å². The van der Waals surface area contributed by atoms with E-state index in [4.69, 9.17) is 5.73 Å². The maximum Gasteiger partial charge on any atom is 0.225 e. The van der Waals surface area contributed by atoms with E-state index in [-0.39, 0.29) is 0 Å². The van der Waals surface area contributed by atoms with Crippen LogP contribution in [0, 0.1) is 12.8 Å². The molecule has 2 heterocycles. The van der Waals surface area contributed by atoms with Gasteiger partial charge in [0.2, 0.25) is 5.95 Å². The molecule has 1 atom stereocenters. The van der Waals surface area contributed by atoms with Crippen molar-refractivity contribution in [3.63, 3.8) is 0 Å². The van der Waals surface area contributed by atoms with Crippen LogP contribution in [0.3, 0.4) is 0 Å². The first kappa shape index (κ1) is 12.3. The summed E-state index contributed by atoms with van der Waals surface area (Å²) in [6.45, 7) is 8.13. The van der Waals surface area contributed by atoms with E-state index in [0.29, 0.717) is 18.5 Å². The fourth-order valence-corrected chi connectivity index (χ4v) is 2.55. The maximum atomic E-state index is 5.64. The van der Waals surface area contributed by atoms with E-state index in [9.17, 15) is 0 Å². The Morgan fingerprint density at radius 2 is 2.29 bits per heavy atom. The second-order valence-corrected chi connectivity index (χ2v) is 5.13. The Kier molecular flexibility index (Phi) is 3.62. The van der Waals surface area contributed by atoms with Gasteiger partial charge in [-0.3, -0.25) is 0 Å². The van der Waals surface area contributed by atoms with E-state index in [1.54, 1.807) is 0 Å². The maximum absolute atomic E-state index is 5.64. The topological polar surface area (TPSA) is 55.0 Å². The van der Waals surface area contributed by atoms with Crippen LogP contribution in [0.15, 0.2) is 6.20 Å². The van der Waals surface area contributed by atoms with E-state index in [0.717, 1.165) is 23.8 Å². The van der Waals surface area contributed by atoms with Crippen molar-refractivity contribution in [1.29, 1.82) is 0 Å². The molecule has 1 fully saturated rings. The minimum absolute atomic E-state index is 0.514. The van der Waals surface area contributed by atoms with Crippen LogP contribution in [0.5, 0.6) is 0 Å². The first-order chi connectivity index (χ1) is 8.13. The third kappa shape index (κ3) is 2.41. The largest absolute Gasteiger partial charge is 0.338 e. The number of aromatic nitrogens is 2. The van der Waals surface area contributed by atoms with Gasteiger partial charge in [0.15, 0.2) is 0 Å². The fourth-order valence-electron chi connectivity index (χ4n) is 2.55. The van der Waals surface area contributed by atoms with Crippen LogP contribution in [-0.4, -0.2) is 22.6 Å². The molecule has 17 heavy (non-hydrogen) atoms. The summed E-state index contributed by atoms with van der Waals surface area (Å²) in [4.78, 5) is 11.4. The molecule has 94 valence electrons. The Morgan fingerprint density at radius 3 is 2.88 bits per heavy atom. The molecule has 2 rings (SSSR count). The number of rotatable bonds is 3. The second-order valence-electron chi connectivity index (χ2n) is 5.13. The lowest BCUT2D eigenvalue weighted by atomic mass is 10.0. The lowest BCUT2D eigenvalue weighted by molar-refractivity contribution is 0.486. The molecule has 0 saturated carbocycles. The van der Waals surface area contributed by atoms with Crippen LogP contribution in [0.4, 0.5) is 5.95 Å². The molecule has 1 aliphatic rings. The van der Waals surface area contributed by atoms with Gasteiger partial charge in [-0.15, -0.1) is 0 Å². The van der Waals surface area contributed by atoms with E-state index in [2.05, 4.69) is 28.7 Å². The summed E-state index contributed by atoms with van der Waals surface area (Å²) in [5.74, 6) is 1.52. The number of anilines is 1. The lowest BCUT2D eigenvalue weighted by Gasteiger charge is -2.27. The molecular weight excluding hydrogens is 212 g/mol. The zero-order chi connectivity index (χ0) is 12.4. The highest BCUT2D eigenvalue weighted by Crippen LogP contribution is 2.27. The molecule has 4 heteroatoms. The summed E-state index contributed by atoms with van der Waals surface area (Å²) in [5.41, 5.74) is 7.68. The number of nitrogens with zero attached hydrogens (tertiary/aromatic N) is 3. The molecular formula is C13H22N4. The summed E-state index contributed by atoms with van der Waals surface area (Å²) in [6, 6.07) is 0.582. The van der Waals surface area contributed by atoms with Crippen molar-refractivity contribution in [2.75, 3.05) is 11.4 Å². The first-order valence-corrected chi connectivity index (χ1v) is 6.42. The van der Waals surface area contributed by atoms with Gasteiger partial charge in [0.25, 0.3) is 0 Å². The molecule has 0 bridgehead atoms. The van der Waals surface area contributed by atoms with Crippen LogP contribution in [0.1, 0.15) is 37.9 Å². The van der Waals surface area contributed by atoms with Gasteiger partial charge < -0.3 is 10.6 Å². The minimum atomic E-state index is 0.514. The second kappa shape index (κ2) is 5.00.